The minimum atomic E-state index is -4.74. The second kappa shape index (κ2) is 8.17. The number of hydrogen-bond donors (Lipinski definition) is 1. The lowest BCUT2D eigenvalue weighted by atomic mass is 10.1. The molecule has 0 bridgehead atoms. The van der Waals surface area contributed by atoms with E-state index in [-0.39, 0.29) is 32.8 Å². The van der Waals surface area contributed by atoms with Gasteiger partial charge < -0.3 is 14.6 Å². The van der Waals surface area contributed by atoms with Crippen LogP contribution >= 0.6 is 11.3 Å². The number of alkyl halides is 4. The Hall–Kier alpha value is -3.15. The molecule has 0 unspecified atom stereocenters. The average Bonchev–Trinajstić information content (AvgIpc) is 3.23. The van der Waals surface area contributed by atoms with Crippen molar-refractivity contribution in [2.75, 3.05) is 7.11 Å². The zero-order valence-electron chi connectivity index (χ0n) is 15.9. The number of nitrogens with zero attached hydrogens (tertiary/aromatic N) is 1. The number of thiophene rings is 1. The molecule has 0 aliphatic rings. The van der Waals surface area contributed by atoms with E-state index in [0.717, 1.165) is 22.8 Å². The Morgan fingerprint density at radius 2 is 1.94 bits per heavy atom. The number of rotatable bonds is 7. The van der Waals surface area contributed by atoms with Gasteiger partial charge in [-0.15, -0.1) is 0 Å². The predicted octanol–water partition coefficient (Wildman–Crippen LogP) is 4.71. The maximum atomic E-state index is 14.3. The van der Waals surface area contributed by atoms with Crippen molar-refractivity contribution in [1.29, 1.82) is 0 Å². The van der Waals surface area contributed by atoms with E-state index in [1.54, 1.807) is 0 Å². The fraction of sp³-hybridized carbons (Fsp3) is 0.263. The van der Waals surface area contributed by atoms with Gasteiger partial charge in [0.05, 0.1) is 23.9 Å². The van der Waals surface area contributed by atoms with Crippen molar-refractivity contribution in [2.45, 2.75) is 25.9 Å². The fourth-order valence-corrected chi connectivity index (χ4v) is 3.87. The first-order chi connectivity index (χ1) is 14.5. The van der Waals surface area contributed by atoms with Gasteiger partial charge in [-0.3, -0.25) is 14.2 Å². The predicted molar refractivity (Wildman–Crippen MR) is 100 cm³/mol. The number of methoxy groups -OCH3 is 1. The van der Waals surface area contributed by atoms with Crippen LogP contribution in [0.2, 0.25) is 0 Å². The van der Waals surface area contributed by atoms with Crippen molar-refractivity contribution in [3.8, 4) is 10.8 Å². The molecule has 3 aromatic rings. The Kier molecular flexibility index (Phi) is 5.94. The molecule has 1 N–H and O–H groups in total. The van der Waals surface area contributed by atoms with Crippen molar-refractivity contribution in [1.82, 2.24) is 4.57 Å². The van der Waals surface area contributed by atoms with Gasteiger partial charge in [0.2, 0.25) is 0 Å². The molecule has 12 heteroatoms. The number of aliphatic carboxylic acids is 1. The number of carbonyl (C=O) groups excluding carboxylic acids is 1. The Morgan fingerprint density at radius 3 is 2.52 bits per heavy atom. The number of benzene rings is 1. The molecule has 0 radical (unpaired) electrons. The number of carboxylic acids is 1. The highest BCUT2D eigenvalue weighted by molar-refractivity contribution is 7.15. The first-order valence-electron chi connectivity index (χ1n) is 8.55. The minimum absolute atomic E-state index is 0.0332. The normalized spacial score (nSPS) is 11.9. The summed E-state index contributed by atoms with van der Waals surface area (Å²) in [4.78, 5) is 24.2. The maximum Gasteiger partial charge on any atom is 0.461 e. The first kappa shape index (κ1) is 22.5. The summed E-state index contributed by atoms with van der Waals surface area (Å²) < 4.78 is 75.1. The molecule has 1 aromatic carbocycles. The van der Waals surface area contributed by atoms with E-state index in [2.05, 4.69) is 4.74 Å². The molecule has 0 amide bonds. The van der Waals surface area contributed by atoms with E-state index in [1.165, 1.54) is 20.1 Å². The number of hydrogen-bond acceptors (Lipinski definition) is 5. The molecule has 0 atom stereocenters. The number of carboxylic acid groups (broad SMARTS) is 1. The van der Waals surface area contributed by atoms with Crippen LogP contribution in [0.15, 0.2) is 24.3 Å². The van der Waals surface area contributed by atoms with Crippen molar-refractivity contribution in [2.24, 2.45) is 0 Å². The highest BCUT2D eigenvalue weighted by atomic mass is 32.1. The smallest absolute Gasteiger partial charge is 0.461 e. The summed E-state index contributed by atoms with van der Waals surface area (Å²) in [5.74, 6) is -2.97. The molecule has 2 heterocycles. The van der Waals surface area contributed by atoms with E-state index in [9.17, 15) is 36.6 Å². The molecule has 0 saturated heterocycles. The largest absolute Gasteiger partial charge is 0.494 e. The van der Waals surface area contributed by atoms with E-state index in [0.29, 0.717) is 11.3 Å². The third-order valence-electron chi connectivity index (χ3n) is 4.42. The average molecular weight is 463 g/mol. The third kappa shape index (κ3) is 4.20. The van der Waals surface area contributed by atoms with E-state index < -0.39 is 41.7 Å². The maximum absolute atomic E-state index is 14.3. The Balaban J connectivity index is 2.10. The van der Waals surface area contributed by atoms with Crippen LogP contribution in [0.3, 0.4) is 0 Å². The lowest BCUT2D eigenvalue weighted by Gasteiger charge is -2.14. The van der Waals surface area contributed by atoms with Crippen molar-refractivity contribution in [3.63, 3.8) is 0 Å². The van der Waals surface area contributed by atoms with Crippen LogP contribution in [-0.4, -0.2) is 41.2 Å². The van der Waals surface area contributed by atoms with Gasteiger partial charge in [-0.05, 0) is 30.7 Å². The molecular weight excluding hydrogens is 449 g/mol. The van der Waals surface area contributed by atoms with Crippen LogP contribution < -0.4 is 9.47 Å². The lowest BCUT2D eigenvalue weighted by Crippen LogP contribution is -2.33. The van der Waals surface area contributed by atoms with Gasteiger partial charge >= 0.3 is 18.5 Å². The molecule has 0 aliphatic heterocycles. The summed E-state index contributed by atoms with van der Waals surface area (Å²) in [6.45, 7) is 1.44. The van der Waals surface area contributed by atoms with Gasteiger partial charge in [0.1, 0.15) is 0 Å². The summed E-state index contributed by atoms with van der Waals surface area (Å²) in [7, 11) is 1.22. The fourth-order valence-electron chi connectivity index (χ4n) is 3.05. The van der Waals surface area contributed by atoms with Gasteiger partial charge in [0.15, 0.2) is 16.6 Å². The zero-order chi connectivity index (χ0) is 23.1. The van der Waals surface area contributed by atoms with Crippen LogP contribution in [0.25, 0.3) is 10.9 Å². The van der Waals surface area contributed by atoms with Crippen LogP contribution in [0.1, 0.15) is 20.9 Å². The molecule has 0 fully saturated rings. The number of aromatic nitrogens is 1. The Morgan fingerprint density at radius 1 is 1.26 bits per heavy atom. The van der Waals surface area contributed by atoms with Crippen LogP contribution in [0.4, 0.5) is 22.0 Å². The quantitative estimate of drug-likeness (QED) is 0.514. The van der Waals surface area contributed by atoms with Gasteiger partial charge in [-0.2, -0.15) is 17.6 Å². The molecule has 0 spiro atoms. The summed E-state index contributed by atoms with van der Waals surface area (Å²) in [6, 6.07) is 4.26. The Labute approximate surface area is 175 Å². The first-order valence-corrected chi connectivity index (χ1v) is 9.36. The van der Waals surface area contributed by atoms with Crippen molar-refractivity contribution in [3.05, 3.63) is 46.2 Å². The molecule has 3 rings (SSSR count). The number of ether oxygens (including phenoxy) is 2. The minimum Gasteiger partial charge on any atom is -0.494 e. The molecule has 2 aromatic heterocycles. The summed E-state index contributed by atoms with van der Waals surface area (Å²) in [6.07, 6.45) is -9.28. The van der Waals surface area contributed by atoms with E-state index in [1.807, 2.05) is 0 Å². The molecule has 0 aliphatic carbocycles. The number of halogens is 5. The van der Waals surface area contributed by atoms with Gasteiger partial charge in [-0.25, -0.2) is 4.39 Å². The molecule has 0 saturated carbocycles. The number of carbonyl (C=O) groups is 2. The van der Waals surface area contributed by atoms with Crippen LogP contribution in [0.5, 0.6) is 10.8 Å². The lowest BCUT2D eigenvalue weighted by molar-refractivity contribution is -0.251. The van der Waals surface area contributed by atoms with Crippen LogP contribution in [-0.2, 0) is 11.2 Å². The summed E-state index contributed by atoms with van der Waals surface area (Å²) in [5, 5.41) is 8.84. The SMILES string of the molecule is COc1cc2c(CC(=O)O)c(C)n(C(=O)c3ccc(OC(F)(F)C(F)F)s3)c2cc1F. The molecule has 6 nitrogen and oxygen atoms in total. The van der Waals surface area contributed by atoms with Crippen molar-refractivity contribution >= 4 is 34.1 Å². The van der Waals surface area contributed by atoms with Gasteiger partial charge in [0.25, 0.3) is 5.91 Å². The highest BCUT2D eigenvalue weighted by Crippen LogP contribution is 2.36. The number of fused-ring (bicyclic) bond motifs is 1. The summed E-state index contributed by atoms with van der Waals surface area (Å²) >= 11 is 0.392. The second-order valence-electron chi connectivity index (χ2n) is 6.36. The monoisotopic (exact) mass is 463 g/mol. The molecule has 31 heavy (non-hydrogen) atoms. The van der Waals surface area contributed by atoms with Crippen molar-refractivity contribution < 1.29 is 46.1 Å². The molecular formula is C19H14F5NO5S. The Bertz CT molecular complexity index is 1170. The van der Waals surface area contributed by atoms with E-state index >= 15 is 0 Å². The topological polar surface area (TPSA) is 77.8 Å². The molecule has 166 valence electrons. The zero-order valence-corrected chi connectivity index (χ0v) is 16.7. The van der Waals surface area contributed by atoms with Gasteiger partial charge in [0, 0.05) is 17.1 Å². The van der Waals surface area contributed by atoms with Crippen LogP contribution in [0, 0.1) is 12.7 Å². The van der Waals surface area contributed by atoms with E-state index in [4.69, 9.17) is 4.74 Å². The summed E-state index contributed by atoms with van der Waals surface area (Å²) in [5.41, 5.74) is 0.445. The van der Waals surface area contributed by atoms with Gasteiger partial charge in [-0.1, -0.05) is 11.3 Å². The highest BCUT2D eigenvalue weighted by Gasteiger charge is 2.44. The second-order valence-corrected chi connectivity index (χ2v) is 7.41. The third-order valence-corrected chi connectivity index (χ3v) is 5.37. The standard InChI is InChI=1S/C19H14F5NO5S/c1-8-9(6-15(26)27)10-5-13(29-2)11(20)7-12(10)25(8)17(28)14-3-4-16(31-14)30-19(23,24)18(21)22/h3-5,7,18H,6H2,1-2H3,(H,26,27).